The van der Waals surface area contributed by atoms with Gasteiger partial charge in [0.15, 0.2) is 0 Å². The van der Waals surface area contributed by atoms with Gasteiger partial charge >= 0.3 is 0 Å². The minimum Gasteiger partial charge on any atom is -0.379 e. The van der Waals surface area contributed by atoms with E-state index in [-0.39, 0.29) is 24.0 Å². The van der Waals surface area contributed by atoms with Gasteiger partial charge in [-0.1, -0.05) is 13.3 Å². The van der Waals surface area contributed by atoms with Crippen LogP contribution in [0.1, 0.15) is 52.9 Å². The average molecular weight is 270 g/mol. The molecule has 1 rings (SSSR count). The number of rotatable bonds is 7. The molecule has 1 saturated carbocycles. The molecule has 0 aromatic heterocycles. The quantitative estimate of drug-likeness (QED) is 0.696. The van der Waals surface area contributed by atoms with Crippen LogP contribution in [0.5, 0.6) is 0 Å². The Balaban J connectivity index is 2.16. The zero-order valence-corrected chi connectivity index (χ0v) is 12.7. The summed E-state index contributed by atoms with van der Waals surface area (Å²) in [5.74, 6) is 0.554. The number of hydrogen-bond donors (Lipinski definition) is 2. The van der Waals surface area contributed by atoms with Gasteiger partial charge in [0.25, 0.3) is 0 Å². The molecule has 0 aromatic carbocycles. The summed E-state index contributed by atoms with van der Waals surface area (Å²) >= 11 is 0. The molecule has 0 radical (unpaired) electrons. The molecular formula is C15H30N2O2. The topological polar surface area (TPSA) is 64.3 Å². The first-order valence-electron chi connectivity index (χ1n) is 7.67. The van der Waals surface area contributed by atoms with Crippen molar-refractivity contribution in [2.75, 3.05) is 13.2 Å². The number of nitrogens with one attached hydrogen (secondary N) is 1. The first kappa shape index (κ1) is 16.4. The average Bonchev–Trinajstić information content (AvgIpc) is 2.33. The van der Waals surface area contributed by atoms with Gasteiger partial charge in [0.1, 0.15) is 0 Å². The molecule has 0 bridgehead atoms. The summed E-state index contributed by atoms with van der Waals surface area (Å²) in [6.07, 6.45) is 5.49. The van der Waals surface area contributed by atoms with Crippen molar-refractivity contribution < 1.29 is 9.53 Å². The fourth-order valence-corrected chi connectivity index (χ4v) is 2.79. The molecule has 0 aliphatic heterocycles. The monoisotopic (exact) mass is 270 g/mol. The molecule has 1 amide bonds. The molecule has 4 nitrogen and oxygen atoms in total. The van der Waals surface area contributed by atoms with Crippen molar-refractivity contribution in [3.8, 4) is 0 Å². The van der Waals surface area contributed by atoms with E-state index in [2.05, 4.69) is 12.2 Å². The van der Waals surface area contributed by atoms with Crippen molar-refractivity contribution in [2.45, 2.75) is 65.0 Å². The first-order valence-corrected chi connectivity index (χ1v) is 7.67. The van der Waals surface area contributed by atoms with Crippen molar-refractivity contribution in [2.24, 2.45) is 17.6 Å². The van der Waals surface area contributed by atoms with Crippen molar-refractivity contribution in [1.82, 2.24) is 5.32 Å². The predicted molar refractivity (Wildman–Crippen MR) is 77.8 cm³/mol. The van der Waals surface area contributed by atoms with Crippen LogP contribution < -0.4 is 11.1 Å². The normalized spacial score (nSPS) is 27.5. The minimum absolute atomic E-state index is 0.000615. The zero-order valence-electron chi connectivity index (χ0n) is 12.7. The highest BCUT2D eigenvalue weighted by Gasteiger charge is 2.33. The second-order valence-corrected chi connectivity index (χ2v) is 6.02. The molecule has 3 unspecified atom stereocenters. The number of hydrogen-bond acceptors (Lipinski definition) is 3. The molecular weight excluding hydrogens is 240 g/mol. The van der Waals surface area contributed by atoms with Gasteiger partial charge < -0.3 is 15.8 Å². The smallest absolute Gasteiger partial charge is 0.224 e. The van der Waals surface area contributed by atoms with Crippen LogP contribution in [0.4, 0.5) is 0 Å². The van der Waals surface area contributed by atoms with E-state index in [0.29, 0.717) is 5.92 Å². The van der Waals surface area contributed by atoms with Gasteiger partial charge in [-0.15, -0.1) is 0 Å². The molecule has 19 heavy (non-hydrogen) atoms. The fourth-order valence-electron chi connectivity index (χ4n) is 2.79. The van der Waals surface area contributed by atoms with Crippen LogP contribution in [-0.2, 0) is 9.53 Å². The van der Waals surface area contributed by atoms with E-state index in [1.165, 1.54) is 0 Å². The molecule has 3 atom stereocenters. The molecule has 3 N–H and O–H groups in total. The van der Waals surface area contributed by atoms with Crippen LogP contribution in [0, 0.1) is 11.8 Å². The number of amides is 1. The Bertz CT molecular complexity index is 259. The highest BCUT2D eigenvalue weighted by molar-refractivity contribution is 5.79. The molecule has 4 heteroatoms. The maximum absolute atomic E-state index is 12.1. The summed E-state index contributed by atoms with van der Waals surface area (Å²) in [6, 6.07) is 0.0352. The Kier molecular flexibility index (Phi) is 7.39. The second-order valence-electron chi connectivity index (χ2n) is 6.02. The Morgan fingerprint density at radius 2 is 2.11 bits per heavy atom. The lowest BCUT2D eigenvalue weighted by atomic mass is 9.76. The molecule has 1 fully saturated rings. The Morgan fingerprint density at radius 3 is 2.74 bits per heavy atom. The highest BCUT2D eigenvalue weighted by atomic mass is 16.5. The van der Waals surface area contributed by atoms with Gasteiger partial charge in [-0.2, -0.15) is 0 Å². The van der Waals surface area contributed by atoms with E-state index in [1.54, 1.807) is 0 Å². The van der Waals surface area contributed by atoms with Gasteiger partial charge in [0.2, 0.25) is 5.91 Å². The van der Waals surface area contributed by atoms with E-state index in [0.717, 1.165) is 45.3 Å². The second kappa shape index (κ2) is 8.54. The van der Waals surface area contributed by atoms with Crippen molar-refractivity contribution in [3.05, 3.63) is 0 Å². The molecule has 0 heterocycles. The number of nitrogens with two attached hydrogens (primary N) is 1. The van der Waals surface area contributed by atoms with E-state index < -0.39 is 0 Å². The fraction of sp³-hybridized carbons (Fsp3) is 0.933. The number of carbonyl (C=O) groups excluding carboxylic acids is 1. The molecule has 0 saturated heterocycles. The lowest BCUT2D eigenvalue weighted by Gasteiger charge is -2.33. The van der Waals surface area contributed by atoms with E-state index in [1.807, 2.05) is 13.8 Å². The van der Waals surface area contributed by atoms with Crippen molar-refractivity contribution in [1.29, 1.82) is 0 Å². The number of ether oxygens (including phenoxy) is 1. The largest absolute Gasteiger partial charge is 0.379 e. The van der Waals surface area contributed by atoms with Crippen molar-refractivity contribution in [3.63, 3.8) is 0 Å². The van der Waals surface area contributed by atoms with Crippen molar-refractivity contribution >= 4 is 5.91 Å². The van der Waals surface area contributed by atoms with Crippen LogP contribution in [0.25, 0.3) is 0 Å². The van der Waals surface area contributed by atoms with E-state index in [4.69, 9.17) is 10.5 Å². The first-order chi connectivity index (χ1) is 9.02. The maximum Gasteiger partial charge on any atom is 0.224 e. The summed E-state index contributed by atoms with van der Waals surface area (Å²) in [5.41, 5.74) is 6.07. The van der Waals surface area contributed by atoms with Gasteiger partial charge in [-0.05, 0) is 45.4 Å². The minimum atomic E-state index is 0.000615. The molecule has 112 valence electrons. The Morgan fingerprint density at radius 1 is 1.37 bits per heavy atom. The molecule has 0 aromatic rings. The van der Waals surface area contributed by atoms with Gasteiger partial charge in [-0.25, -0.2) is 0 Å². The third-order valence-corrected chi connectivity index (χ3v) is 3.90. The summed E-state index contributed by atoms with van der Waals surface area (Å²) < 4.78 is 5.47. The van der Waals surface area contributed by atoms with Crippen LogP contribution in [0.2, 0.25) is 0 Å². The number of carbonyl (C=O) groups is 1. The summed E-state index contributed by atoms with van der Waals surface area (Å²) in [5, 5.41) is 3.03. The Labute approximate surface area is 117 Å². The Hall–Kier alpha value is -0.610. The van der Waals surface area contributed by atoms with Crippen LogP contribution >= 0.6 is 0 Å². The third kappa shape index (κ3) is 5.91. The predicted octanol–water partition coefficient (Wildman–Crippen LogP) is 2.07. The summed E-state index contributed by atoms with van der Waals surface area (Å²) in [4.78, 5) is 12.1. The van der Waals surface area contributed by atoms with Crippen LogP contribution in [0.15, 0.2) is 0 Å². The van der Waals surface area contributed by atoms with Crippen LogP contribution in [-0.4, -0.2) is 31.2 Å². The lowest BCUT2D eigenvalue weighted by molar-refractivity contribution is -0.128. The number of unbranched alkanes of at least 4 members (excludes halogenated alkanes) is 1. The van der Waals surface area contributed by atoms with Gasteiger partial charge in [-0.3, -0.25) is 4.79 Å². The van der Waals surface area contributed by atoms with E-state index >= 15 is 0 Å². The van der Waals surface area contributed by atoms with Gasteiger partial charge in [0.05, 0.1) is 12.0 Å². The van der Waals surface area contributed by atoms with E-state index in [9.17, 15) is 4.79 Å². The molecule has 1 aliphatic carbocycles. The standard InChI is InChI=1S/C15H30N2O2/c1-11(2)19-10-5-4-9-17-15(18)14-12(3)7-6-8-13(14)16/h11-14H,4-10,16H2,1-3H3,(H,17,18). The summed E-state index contributed by atoms with van der Waals surface area (Å²) in [7, 11) is 0. The van der Waals surface area contributed by atoms with Gasteiger partial charge in [0, 0.05) is 19.2 Å². The lowest BCUT2D eigenvalue weighted by Crippen LogP contribution is -2.47. The van der Waals surface area contributed by atoms with Crippen LogP contribution in [0.3, 0.4) is 0 Å². The maximum atomic E-state index is 12.1. The SMILES string of the molecule is CC(C)OCCCCNC(=O)C1C(C)CCCC1N. The summed E-state index contributed by atoms with van der Waals surface area (Å²) in [6.45, 7) is 7.71. The third-order valence-electron chi connectivity index (χ3n) is 3.90. The zero-order chi connectivity index (χ0) is 14.3. The molecule has 0 spiro atoms. The molecule has 1 aliphatic rings. The highest BCUT2D eigenvalue weighted by Crippen LogP contribution is 2.28.